The van der Waals surface area contributed by atoms with Crippen LogP contribution in [-0.4, -0.2) is 36.1 Å². The van der Waals surface area contributed by atoms with Gasteiger partial charge in [-0.15, -0.1) is 0 Å². The first-order valence-electron chi connectivity index (χ1n) is 5.95. The maximum atomic E-state index is 11.8. The number of aromatic nitrogens is 1. The topological polar surface area (TPSA) is 57.3 Å². The molecule has 2 amide bonds. The Morgan fingerprint density at radius 2 is 2.24 bits per heavy atom. The van der Waals surface area contributed by atoms with Crippen molar-refractivity contribution in [3.8, 4) is 0 Å². The van der Waals surface area contributed by atoms with Gasteiger partial charge >= 0.3 is 6.03 Å². The fourth-order valence-electron chi connectivity index (χ4n) is 1.93. The van der Waals surface area contributed by atoms with E-state index in [0.29, 0.717) is 6.54 Å². The molecule has 17 heavy (non-hydrogen) atoms. The maximum Gasteiger partial charge on any atom is 0.317 e. The Balaban J connectivity index is 1.86. The van der Waals surface area contributed by atoms with Crippen molar-refractivity contribution in [3.63, 3.8) is 0 Å². The number of rotatable bonds is 3. The van der Waals surface area contributed by atoms with Crippen LogP contribution in [0.4, 0.5) is 10.6 Å². The van der Waals surface area contributed by atoms with Gasteiger partial charge in [0.2, 0.25) is 0 Å². The van der Waals surface area contributed by atoms with Crippen molar-refractivity contribution in [2.75, 3.05) is 25.5 Å². The second-order valence-corrected chi connectivity index (χ2v) is 4.15. The predicted octanol–water partition coefficient (Wildman–Crippen LogP) is 1.43. The normalized spacial score (nSPS) is 14.8. The SMILES string of the molecule is CNc1cc(CNC(=O)N2CCCC2)ccn1. The Morgan fingerprint density at radius 3 is 2.94 bits per heavy atom. The van der Waals surface area contributed by atoms with Gasteiger partial charge in [-0.1, -0.05) is 0 Å². The van der Waals surface area contributed by atoms with Crippen LogP contribution < -0.4 is 10.6 Å². The van der Waals surface area contributed by atoms with Crippen molar-refractivity contribution in [1.29, 1.82) is 0 Å². The molecule has 0 bridgehead atoms. The lowest BCUT2D eigenvalue weighted by Gasteiger charge is -2.16. The van der Waals surface area contributed by atoms with Crippen LogP contribution in [0.3, 0.4) is 0 Å². The highest BCUT2D eigenvalue weighted by molar-refractivity contribution is 5.74. The Labute approximate surface area is 101 Å². The number of carbonyl (C=O) groups excluding carboxylic acids is 1. The number of anilines is 1. The highest BCUT2D eigenvalue weighted by Crippen LogP contribution is 2.08. The van der Waals surface area contributed by atoms with Crippen LogP contribution >= 0.6 is 0 Å². The van der Waals surface area contributed by atoms with E-state index >= 15 is 0 Å². The number of hydrogen-bond acceptors (Lipinski definition) is 3. The molecule has 1 aromatic rings. The minimum atomic E-state index is 0.0327. The van der Waals surface area contributed by atoms with Gasteiger partial charge in [-0.3, -0.25) is 0 Å². The molecule has 0 aliphatic carbocycles. The van der Waals surface area contributed by atoms with Gasteiger partial charge in [0.1, 0.15) is 5.82 Å². The Bertz CT molecular complexity index is 388. The number of nitrogens with zero attached hydrogens (tertiary/aromatic N) is 2. The summed E-state index contributed by atoms with van der Waals surface area (Å²) in [5, 5.41) is 5.90. The van der Waals surface area contributed by atoms with E-state index in [4.69, 9.17) is 0 Å². The first-order valence-corrected chi connectivity index (χ1v) is 5.95. The lowest BCUT2D eigenvalue weighted by atomic mass is 10.2. The van der Waals surface area contributed by atoms with Gasteiger partial charge in [0, 0.05) is 32.9 Å². The van der Waals surface area contributed by atoms with Crippen molar-refractivity contribution >= 4 is 11.8 Å². The van der Waals surface area contributed by atoms with Crippen LogP contribution in [0.5, 0.6) is 0 Å². The van der Waals surface area contributed by atoms with Gasteiger partial charge in [-0.05, 0) is 30.5 Å². The standard InChI is InChI=1S/C12H18N4O/c1-13-11-8-10(4-5-14-11)9-15-12(17)16-6-2-3-7-16/h4-5,8H,2-3,6-7,9H2,1H3,(H,13,14)(H,15,17). The quantitative estimate of drug-likeness (QED) is 0.831. The number of hydrogen-bond donors (Lipinski definition) is 2. The highest BCUT2D eigenvalue weighted by atomic mass is 16.2. The Morgan fingerprint density at radius 1 is 1.47 bits per heavy atom. The first kappa shape index (κ1) is 11.7. The molecule has 1 aliphatic heterocycles. The minimum absolute atomic E-state index is 0.0327. The van der Waals surface area contributed by atoms with Gasteiger partial charge in [-0.25, -0.2) is 9.78 Å². The zero-order chi connectivity index (χ0) is 12.1. The molecule has 1 aliphatic rings. The molecule has 0 unspecified atom stereocenters. The maximum absolute atomic E-state index is 11.8. The number of carbonyl (C=O) groups is 1. The summed E-state index contributed by atoms with van der Waals surface area (Å²) in [4.78, 5) is 17.7. The molecular weight excluding hydrogens is 216 g/mol. The second kappa shape index (κ2) is 5.52. The molecule has 0 atom stereocenters. The van der Waals surface area contributed by atoms with Crippen molar-refractivity contribution in [2.24, 2.45) is 0 Å². The van der Waals surface area contributed by atoms with Gasteiger partial charge in [-0.2, -0.15) is 0 Å². The number of nitrogens with one attached hydrogen (secondary N) is 2. The molecule has 2 N–H and O–H groups in total. The van der Waals surface area contributed by atoms with Crippen molar-refractivity contribution in [1.82, 2.24) is 15.2 Å². The molecule has 1 aromatic heterocycles. The Hall–Kier alpha value is -1.78. The highest BCUT2D eigenvalue weighted by Gasteiger charge is 2.16. The molecule has 1 saturated heterocycles. The number of amides is 2. The fourth-order valence-corrected chi connectivity index (χ4v) is 1.93. The Kier molecular flexibility index (Phi) is 3.80. The van der Waals surface area contributed by atoms with E-state index in [-0.39, 0.29) is 6.03 Å². The second-order valence-electron chi connectivity index (χ2n) is 4.15. The molecule has 5 nitrogen and oxygen atoms in total. The van der Waals surface area contributed by atoms with Gasteiger partial charge in [0.15, 0.2) is 0 Å². The first-order chi connectivity index (χ1) is 8.29. The van der Waals surface area contributed by atoms with Crippen molar-refractivity contribution in [2.45, 2.75) is 19.4 Å². The third kappa shape index (κ3) is 3.09. The van der Waals surface area contributed by atoms with E-state index in [2.05, 4.69) is 15.6 Å². The molecule has 1 fully saturated rings. The average Bonchev–Trinajstić information content (AvgIpc) is 2.90. The van der Waals surface area contributed by atoms with Crippen LogP contribution in [0.1, 0.15) is 18.4 Å². The third-order valence-corrected chi connectivity index (χ3v) is 2.92. The number of pyridine rings is 1. The number of likely N-dealkylation sites (tertiary alicyclic amines) is 1. The molecule has 2 heterocycles. The summed E-state index contributed by atoms with van der Waals surface area (Å²) in [6, 6.07) is 3.88. The zero-order valence-electron chi connectivity index (χ0n) is 10.1. The molecule has 92 valence electrons. The van der Waals surface area contributed by atoms with Gasteiger partial charge in [0.05, 0.1) is 0 Å². The summed E-state index contributed by atoms with van der Waals surface area (Å²) in [6.45, 7) is 2.31. The lowest BCUT2D eigenvalue weighted by molar-refractivity contribution is 0.208. The van der Waals surface area contributed by atoms with E-state index in [1.54, 1.807) is 6.20 Å². The molecule has 0 radical (unpaired) electrons. The monoisotopic (exact) mass is 234 g/mol. The largest absolute Gasteiger partial charge is 0.373 e. The summed E-state index contributed by atoms with van der Waals surface area (Å²) < 4.78 is 0. The van der Waals surface area contributed by atoms with Crippen LogP contribution in [-0.2, 0) is 6.54 Å². The summed E-state index contributed by atoms with van der Waals surface area (Å²) in [5.41, 5.74) is 1.05. The summed E-state index contributed by atoms with van der Waals surface area (Å²) in [7, 11) is 1.83. The van der Waals surface area contributed by atoms with Crippen LogP contribution in [0.15, 0.2) is 18.3 Å². The molecule has 0 saturated carbocycles. The molecular formula is C12H18N4O. The van der Waals surface area contributed by atoms with Crippen LogP contribution in [0, 0.1) is 0 Å². The zero-order valence-corrected chi connectivity index (χ0v) is 10.1. The molecule has 2 rings (SSSR count). The van der Waals surface area contributed by atoms with E-state index in [1.165, 1.54) is 0 Å². The summed E-state index contributed by atoms with van der Waals surface area (Å²) >= 11 is 0. The molecule has 0 spiro atoms. The average molecular weight is 234 g/mol. The third-order valence-electron chi connectivity index (χ3n) is 2.92. The summed E-state index contributed by atoms with van der Waals surface area (Å²) in [6.07, 6.45) is 3.97. The minimum Gasteiger partial charge on any atom is -0.373 e. The van der Waals surface area contributed by atoms with Gasteiger partial charge in [0.25, 0.3) is 0 Å². The van der Waals surface area contributed by atoms with E-state index in [0.717, 1.165) is 37.3 Å². The van der Waals surface area contributed by atoms with Crippen LogP contribution in [0.25, 0.3) is 0 Å². The van der Waals surface area contributed by atoms with E-state index in [9.17, 15) is 4.79 Å². The van der Waals surface area contributed by atoms with E-state index < -0.39 is 0 Å². The summed E-state index contributed by atoms with van der Waals surface area (Å²) in [5.74, 6) is 0.818. The molecule has 0 aromatic carbocycles. The predicted molar refractivity (Wildman–Crippen MR) is 66.8 cm³/mol. The fraction of sp³-hybridized carbons (Fsp3) is 0.500. The van der Waals surface area contributed by atoms with E-state index in [1.807, 2.05) is 24.1 Å². The smallest absolute Gasteiger partial charge is 0.317 e. The lowest BCUT2D eigenvalue weighted by Crippen LogP contribution is -2.37. The van der Waals surface area contributed by atoms with Crippen LogP contribution in [0.2, 0.25) is 0 Å². The van der Waals surface area contributed by atoms with Crippen molar-refractivity contribution < 1.29 is 4.79 Å². The van der Waals surface area contributed by atoms with Gasteiger partial charge < -0.3 is 15.5 Å². The number of urea groups is 1. The van der Waals surface area contributed by atoms with Crippen molar-refractivity contribution in [3.05, 3.63) is 23.9 Å². The molecule has 5 heteroatoms.